The highest BCUT2D eigenvalue weighted by Gasteiger charge is 2.37. The fourth-order valence-corrected chi connectivity index (χ4v) is 3.14. The predicted molar refractivity (Wildman–Crippen MR) is 96.1 cm³/mol. The Kier molecular flexibility index (Phi) is 3.63. The molecule has 0 radical (unpaired) electrons. The third-order valence-corrected chi connectivity index (χ3v) is 4.67. The number of nitrogens with one attached hydrogen (secondary N) is 1. The normalized spacial score (nSPS) is 15.0. The molecule has 0 bridgehead atoms. The predicted octanol–water partition coefficient (Wildman–Crippen LogP) is 2.44. The Labute approximate surface area is 154 Å². The van der Waals surface area contributed by atoms with Crippen molar-refractivity contribution in [1.82, 2.24) is 35.3 Å². The Balaban J connectivity index is 1.45. The number of nitrogen functional groups attached to an aromatic ring is 1. The number of rotatable bonds is 5. The lowest BCUT2D eigenvalue weighted by Gasteiger charge is -2.12. The summed E-state index contributed by atoms with van der Waals surface area (Å²) in [6, 6.07) is 4.01. The molecule has 1 aliphatic carbocycles. The summed E-state index contributed by atoms with van der Waals surface area (Å²) >= 11 is 0. The molecule has 3 N–H and O–H groups in total. The molecule has 0 amide bonds. The average molecular weight is 360 g/mol. The zero-order chi connectivity index (χ0) is 18.2. The first-order chi connectivity index (χ1) is 13.3. The van der Waals surface area contributed by atoms with Gasteiger partial charge in [0.15, 0.2) is 5.82 Å². The van der Waals surface area contributed by atoms with Gasteiger partial charge in [0.25, 0.3) is 5.89 Å². The van der Waals surface area contributed by atoms with Crippen LogP contribution >= 0.6 is 0 Å². The monoisotopic (exact) mass is 360 g/mol. The van der Waals surface area contributed by atoms with E-state index in [-0.39, 0.29) is 11.9 Å². The molecule has 1 aliphatic rings. The highest BCUT2D eigenvalue weighted by Crippen LogP contribution is 2.45. The molecule has 9 heteroatoms. The van der Waals surface area contributed by atoms with Gasteiger partial charge in [0.05, 0.1) is 23.4 Å². The van der Waals surface area contributed by atoms with Gasteiger partial charge < -0.3 is 10.3 Å². The van der Waals surface area contributed by atoms with Crippen molar-refractivity contribution in [2.75, 3.05) is 5.73 Å². The quantitative estimate of drug-likeness (QED) is 0.554. The van der Waals surface area contributed by atoms with E-state index in [2.05, 4.69) is 41.4 Å². The van der Waals surface area contributed by atoms with Gasteiger partial charge in [0.1, 0.15) is 0 Å². The maximum atomic E-state index is 5.54. The molecule has 0 saturated heterocycles. The van der Waals surface area contributed by atoms with Crippen LogP contribution in [0.25, 0.3) is 22.7 Å². The van der Waals surface area contributed by atoms with Crippen molar-refractivity contribution in [3.05, 3.63) is 54.5 Å². The number of nitrogens with two attached hydrogens (primary N) is 1. The average Bonchev–Trinajstić information content (AvgIpc) is 3.18. The van der Waals surface area contributed by atoms with Crippen LogP contribution in [0.1, 0.15) is 30.1 Å². The van der Waals surface area contributed by atoms with Crippen molar-refractivity contribution in [3.63, 3.8) is 0 Å². The molecule has 9 nitrogen and oxygen atoms in total. The van der Waals surface area contributed by atoms with Crippen molar-refractivity contribution < 1.29 is 4.52 Å². The molecule has 4 aromatic heterocycles. The van der Waals surface area contributed by atoms with E-state index < -0.39 is 0 Å². The van der Waals surface area contributed by atoms with Gasteiger partial charge in [0, 0.05) is 30.4 Å². The van der Waals surface area contributed by atoms with Gasteiger partial charge in [-0.15, -0.1) is 0 Å². The lowest BCUT2D eigenvalue weighted by atomic mass is 9.94. The second-order valence-corrected chi connectivity index (χ2v) is 6.57. The topological polar surface area (TPSA) is 132 Å². The van der Waals surface area contributed by atoms with Crippen LogP contribution in [0.3, 0.4) is 0 Å². The molecular formula is C18H16N8O. The standard InChI is InChI=1S/C18H16N8O/c19-18-21-6-12(7-22-18)14-4-3-11(5-20-14)15(10-1-2-10)16-25-17(27-26-16)13-8-23-24-9-13/h3-10,15H,1-2H2,(H,23,24)(H2,19,21,22)/t15-/m1/s1. The van der Waals surface area contributed by atoms with Gasteiger partial charge in [-0.25, -0.2) is 9.97 Å². The molecule has 1 atom stereocenters. The van der Waals surface area contributed by atoms with Crippen LogP contribution < -0.4 is 5.73 Å². The van der Waals surface area contributed by atoms with E-state index in [0.29, 0.717) is 17.6 Å². The fourth-order valence-electron chi connectivity index (χ4n) is 3.14. The summed E-state index contributed by atoms with van der Waals surface area (Å²) < 4.78 is 5.42. The molecule has 0 aliphatic heterocycles. The number of aromatic nitrogens is 7. The van der Waals surface area contributed by atoms with E-state index in [1.165, 1.54) is 0 Å². The lowest BCUT2D eigenvalue weighted by Crippen LogP contribution is -2.06. The van der Waals surface area contributed by atoms with Gasteiger partial charge in [0.2, 0.25) is 5.95 Å². The zero-order valence-electron chi connectivity index (χ0n) is 14.3. The minimum Gasteiger partial charge on any atom is -0.368 e. The van der Waals surface area contributed by atoms with Crippen LogP contribution in [0, 0.1) is 5.92 Å². The first-order valence-electron chi connectivity index (χ1n) is 8.64. The highest BCUT2D eigenvalue weighted by molar-refractivity contribution is 5.57. The van der Waals surface area contributed by atoms with Crippen LogP contribution in [-0.4, -0.2) is 35.3 Å². The summed E-state index contributed by atoms with van der Waals surface area (Å²) in [5.41, 5.74) is 9.00. The molecular weight excluding hydrogens is 344 g/mol. The summed E-state index contributed by atoms with van der Waals surface area (Å²) in [5, 5.41) is 10.9. The third-order valence-electron chi connectivity index (χ3n) is 4.67. The molecule has 4 aromatic rings. The first-order valence-corrected chi connectivity index (χ1v) is 8.64. The number of hydrogen-bond donors (Lipinski definition) is 2. The van der Waals surface area contributed by atoms with Gasteiger partial charge in [-0.2, -0.15) is 10.1 Å². The number of anilines is 1. The van der Waals surface area contributed by atoms with E-state index in [1.807, 2.05) is 12.3 Å². The molecule has 5 rings (SSSR count). The summed E-state index contributed by atoms with van der Waals surface area (Å²) in [6.07, 6.45) is 10.9. The number of nitrogens with zero attached hydrogens (tertiary/aromatic N) is 6. The summed E-state index contributed by atoms with van der Waals surface area (Å²) in [7, 11) is 0. The number of pyridine rings is 1. The Hall–Kier alpha value is -3.62. The summed E-state index contributed by atoms with van der Waals surface area (Å²) in [4.78, 5) is 17.2. The molecule has 1 saturated carbocycles. The second-order valence-electron chi connectivity index (χ2n) is 6.57. The van der Waals surface area contributed by atoms with Crippen LogP contribution in [0.2, 0.25) is 0 Å². The van der Waals surface area contributed by atoms with E-state index in [1.54, 1.807) is 24.8 Å². The van der Waals surface area contributed by atoms with E-state index in [4.69, 9.17) is 10.3 Å². The Morgan fingerprint density at radius 2 is 1.89 bits per heavy atom. The minimum atomic E-state index is 0.0682. The molecule has 4 heterocycles. The maximum absolute atomic E-state index is 5.54. The highest BCUT2D eigenvalue weighted by atomic mass is 16.5. The van der Waals surface area contributed by atoms with E-state index >= 15 is 0 Å². The van der Waals surface area contributed by atoms with E-state index in [9.17, 15) is 0 Å². The van der Waals surface area contributed by atoms with Gasteiger partial charge in [-0.3, -0.25) is 10.1 Å². The molecule has 0 unspecified atom stereocenters. The van der Waals surface area contributed by atoms with Gasteiger partial charge >= 0.3 is 0 Å². The zero-order valence-corrected chi connectivity index (χ0v) is 14.3. The number of H-pyrrole nitrogens is 1. The van der Waals surface area contributed by atoms with Crippen LogP contribution in [0.15, 0.2) is 47.6 Å². The Morgan fingerprint density at radius 3 is 2.56 bits per heavy atom. The molecule has 27 heavy (non-hydrogen) atoms. The van der Waals surface area contributed by atoms with Crippen LogP contribution in [0.5, 0.6) is 0 Å². The molecule has 0 aromatic carbocycles. The first kappa shape index (κ1) is 15.6. The van der Waals surface area contributed by atoms with Gasteiger partial charge in [-0.1, -0.05) is 11.2 Å². The Morgan fingerprint density at radius 1 is 1.04 bits per heavy atom. The molecule has 134 valence electrons. The maximum Gasteiger partial charge on any atom is 0.261 e. The lowest BCUT2D eigenvalue weighted by molar-refractivity contribution is 0.416. The van der Waals surface area contributed by atoms with Crippen molar-refractivity contribution in [1.29, 1.82) is 0 Å². The third kappa shape index (κ3) is 3.03. The van der Waals surface area contributed by atoms with Crippen LogP contribution in [0.4, 0.5) is 5.95 Å². The van der Waals surface area contributed by atoms with Crippen molar-refractivity contribution in [2.24, 2.45) is 5.92 Å². The summed E-state index contributed by atoms with van der Waals surface area (Å²) in [5.74, 6) is 1.97. The SMILES string of the molecule is Nc1ncc(-c2ccc([C@H](c3noc(-c4cn[nH]c4)n3)C3CC3)cn2)cn1. The number of hydrogen-bond acceptors (Lipinski definition) is 8. The second kappa shape index (κ2) is 6.27. The molecule has 1 fully saturated rings. The molecule has 0 spiro atoms. The fraction of sp³-hybridized carbons (Fsp3) is 0.222. The van der Waals surface area contributed by atoms with Crippen LogP contribution in [-0.2, 0) is 0 Å². The van der Waals surface area contributed by atoms with E-state index in [0.717, 1.165) is 35.2 Å². The van der Waals surface area contributed by atoms with Crippen molar-refractivity contribution >= 4 is 5.95 Å². The summed E-state index contributed by atoms with van der Waals surface area (Å²) in [6.45, 7) is 0. The minimum absolute atomic E-state index is 0.0682. The smallest absolute Gasteiger partial charge is 0.261 e. The van der Waals surface area contributed by atoms with Crippen molar-refractivity contribution in [2.45, 2.75) is 18.8 Å². The Bertz CT molecular complexity index is 1040. The largest absolute Gasteiger partial charge is 0.368 e. The van der Waals surface area contributed by atoms with Crippen molar-refractivity contribution in [3.8, 4) is 22.7 Å². The number of aromatic amines is 1. The van der Waals surface area contributed by atoms with Gasteiger partial charge in [-0.05, 0) is 30.4 Å².